The van der Waals surface area contributed by atoms with Crippen molar-refractivity contribution in [1.29, 1.82) is 0 Å². The standard InChI is InChI=1S/C8H16O2/c1-4-6(2)8(10)7(3)5-9/h4,6-10H,1,5H2,2-3H3/t6-,7-,8-/m1/s1. The Morgan fingerprint density at radius 1 is 1.50 bits per heavy atom. The second kappa shape index (κ2) is 4.47. The second-order valence-corrected chi connectivity index (χ2v) is 2.75. The lowest BCUT2D eigenvalue weighted by Crippen LogP contribution is -2.26. The van der Waals surface area contributed by atoms with Gasteiger partial charge in [-0.15, -0.1) is 6.58 Å². The second-order valence-electron chi connectivity index (χ2n) is 2.75. The number of hydrogen-bond donors (Lipinski definition) is 2. The van der Waals surface area contributed by atoms with Crippen LogP contribution in [0.4, 0.5) is 0 Å². The van der Waals surface area contributed by atoms with Gasteiger partial charge in [-0.25, -0.2) is 0 Å². The van der Waals surface area contributed by atoms with E-state index in [4.69, 9.17) is 5.11 Å². The average Bonchev–Trinajstić information content (AvgIpc) is 2.00. The summed E-state index contributed by atoms with van der Waals surface area (Å²) in [5, 5.41) is 18.0. The minimum atomic E-state index is -0.470. The van der Waals surface area contributed by atoms with Gasteiger partial charge in [0.2, 0.25) is 0 Å². The quantitative estimate of drug-likeness (QED) is 0.573. The van der Waals surface area contributed by atoms with Gasteiger partial charge in [0.1, 0.15) is 0 Å². The molecule has 0 unspecified atom stereocenters. The first-order chi connectivity index (χ1) is 4.63. The highest BCUT2D eigenvalue weighted by molar-refractivity contribution is 4.83. The third kappa shape index (κ3) is 2.50. The van der Waals surface area contributed by atoms with Crippen LogP contribution in [0.3, 0.4) is 0 Å². The first kappa shape index (κ1) is 9.66. The van der Waals surface area contributed by atoms with Crippen LogP contribution in [0.1, 0.15) is 13.8 Å². The third-order valence-corrected chi connectivity index (χ3v) is 1.78. The Hall–Kier alpha value is -0.340. The lowest BCUT2D eigenvalue weighted by Gasteiger charge is -2.20. The molecule has 0 radical (unpaired) electrons. The predicted molar refractivity (Wildman–Crippen MR) is 41.6 cm³/mol. The van der Waals surface area contributed by atoms with Gasteiger partial charge in [0.05, 0.1) is 6.10 Å². The predicted octanol–water partition coefficient (Wildman–Crippen LogP) is 0.798. The molecule has 0 saturated heterocycles. The van der Waals surface area contributed by atoms with Gasteiger partial charge >= 0.3 is 0 Å². The Labute approximate surface area is 62.2 Å². The minimum Gasteiger partial charge on any atom is -0.396 e. The fraction of sp³-hybridized carbons (Fsp3) is 0.750. The van der Waals surface area contributed by atoms with E-state index < -0.39 is 6.10 Å². The van der Waals surface area contributed by atoms with Crippen LogP contribution in [0, 0.1) is 11.8 Å². The zero-order valence-corrected chi connectivity index (χ0v) is 6.62. The molecule has 3 atom stereocenters. The molecule has 0 fully saturated rings. The van der Waals surface area contributed by atoms with E-state index in [1.54, 1.807) is 6.08 Å². The summed E-state index contributed by atoms with van der Waals surface area (Å²) >= 11 is 0. The summed E-state index contributed by atoms with van der Waals surface area (Å²) in [7, 11) is 0. The van der Waals surface area contributed by atoms with E-state index in [-0.39, 0.29) is 18.4 Å². The van der Waals surface area contributed by atoms with Gasteiger partial charge in [-0.05, 0) is 0 Å². The van der Waals surface area contributed by atoms with Crippen molar-refractivity contribution in [2.75, 3.05) is 6.61 Å². The Bertz CT molecular complexity index is 101. The van der Waals surface area contributed by atoms with E-state index in [9.17, 15) is 5.11 Å². The molecule has 0 aliphatic rings. The summed E-state index contributed by atoms with van der Waals surface area (Å²) < 4.78 is 0. The molecule has 0 saturated carbocycles. The Morgan fingerprint density at radius 2 is 2.00 bits per heavy atom. The van der Waals surface area contributed by atoms with Gasteiger partial charge in [-0.1, -0.05) is 19.9 Å². The summed E-state index contributed by atoms with van der Waals surface area (Å²) in [4.78, 5) is 0. The van der Waals surface area contributed by atoms with Crippen molar-refractivity contribution in [2.24, 2.45) is 11.8 Å². The van der Waals surface area contributed by atoms with Crippen LogP contribution < -0.4 is 0 Å². The zero-order valence-electron chi connectivity index (χ0n) is 6.62. The molecule has 0 rings (SSSR count). The maximum Gasteiger partial charge on any atom is 0.0647 e. The highest BCUT2D eigenvalue weighted by Crippen LogP contribution is 2.12. The SMILES string of the molecule is C=C[C@@H](C)[C@@H](O)[C@H](C)CO. The van der Waals surface area contributed by atoms with E-state index in [0.29, 0.717) is 0 Å². The van der Waals surface area contributed by atoms with E-state index in [1.807, 2.05) is 13.8 Å². The molecule has 60 valence electrons. The smallest absolute Gasteiger partial charge is 0.0647 e. The molecule has 0 spiro atoms. The van der Waals surface area contributed by atoms with Crippen LogP contribution in [-0.2, 0) is 0 Å². The monoisotopic (exact) mass is 144 g/mol. The molecule has 0 amide bonds. The van der Waals surface area contributed by atoms with Gasteiger partial charge in [-0.2, -0.15) is 0 Å². The zero-order chi connectivity index (χ0) is 8.15. The Balaban J connectivity index is 3.80. The first-order valence-electron chi connectivity index (χ1n) is 3.55. The van der Waals surface area contributed by atoms with Crippen LogP contribution in [-0.4, -0.2) is 22.9 Å². The molecule has 0 aromatic rings. The normalized spacial score (nSPS) is 19.6. The first-order valence-corrected chi connectivity index (χ1v) is 3.55. The molecule has 0 aromatic carbocycles. The van der Waals surface area contributed by atoms with E-state index in [1.165, 1.54) is 0 Å². The summed E-state index contributed by atoms with van der Waals surface area (Å²) in [6, 6.07) is 0. The van der Waals surface area contributed by atoms with Gasteiger partial charge in [0, 0.05) is 18.4 Å². The van der Waals surface area contributed by atoms with Crippen LogP contribution in [0.5, 0.6) is 0 Å². The summed E-state index contributed by atoms with van der Waals surface area (Å²) in [5.74, 6) is -0.00449. The minimum absolute atomic E-state index is 0.0271. The highest BCUT2D eigenvalue weighted by Gasteiger charge is 2.17. The topological polar surface area (TPSA) is 40.5 Å². The van der Waals surface area contributed by atoms with Crippen LogP contribution in [0.15, 0.2) is 12.7 Å². The molecular formula is C8H16O2. The lowest BCUT2D eigenvalue weighted by molar-refractivity contribution is 0.0514. The molecule has 2 N–H and O–H groups in total. The van der Waals surface area contributed by atoms with E-state index in [0.717, 1.165) is 0 Å². The summed E-state index contributed by atoms with van der Waals surface area (Å²) in [5.41, 5.74) is 0. The van der Waals surface area contributed by atoms with Gasteiger partial charge in [0.15, 0.2) is 0 Å². The molecular weight excluding hydrogens is 128 g/mol. The fourth-order valence-electron chi connectivity index (χ4n) is 0.766. The number of hydrogen-bond acceptors (Lipinski definition) is 2. The van der Waals surface area contributed by atoms with E-state index in [2.05, 4.69) is 6.58 Å². The van der Waals surface area contributed by atoms with Gasteiger partial charge in [-0.3, -0.25) is 0 Å². The number of aliphatic hydroxyl groups is 2. The van der Waals surface area contributed by atoms with Crippen LogP contribution >= 0.6 is 0 Å². The van der Waals surface area contributed by atoms with Crippen molar-refractivity contribution in [3.05, 3.63) is 12.7 Å². The molecule has 10 heavy (non-hydrogen) atoms. The molecule has 0 aromatic heterocycles. The molecule has 0 aliphatic carbocycles. The number of rotatable bonds is 4. The van der Waals surface area contributed by atoms with Gasteiger partial charge in [0.25, 0.3) is 0 Å². The highest BCUT2D eigenvalue weighted by atomic mass is 16.3. The lowest BCUT2D eigenvalue weighted by atomic mass is 9.94. The molecule has 2 heteroatoms. The maximum atomic E-state index is 9.35. The number of aliphatic hydroxyl groups excluding tert-OH is 2. The van der Waals surface area contributed by atoms with Crippen molar-refractivity contribution in [2.45, 2.75) is 20.0 Å². The Kier molecular flexibility index (Phi) is 4.32. The van der Waals surface area contributed by atoms with Crippen LogP contribution in [0.2, 0.25) is 0 Å². The fourth-order valence-corrected chi connectivity index (χ4v) is 0.766. The van der Waals surface area contributed by atoms with E-state index >= 15 is 0 Å². The maximum absolute atomic E-state index is 9.35. The largest absolute Gasteiger partial charge is 0.396 e. The van der Waals surface area contributed by atoms with Crippen molar-refractivity contribution in [3.63, 3.8) is 0 Å². The molecule has 2 nitrogen and oxygen atoms in total. The third-order valence-electron chi connectivity index (χ3n) is 1.78. The van der Waals surface area contributed by atoms with Crippen molar-refractivity contribution in [3.8, 4) is 0 Å². The van der Waals surface area contributed by atoms with Crippen molar-refractivity contribution >= 4 is 0 Å². The van der Waals surface area contributed by atoms with Crippen molar-refractivity contribution < 1.29 is 10.2 Å². The molecule has 0 aliphatic heterocycles. The summed E-state index contributed by atoms with van der Waals surface area (Å²) in [6.45, 7) is 7.27. The van der Waals surface area contributed by atoms with Crippen LogP contribution in [0.25, 0.3) is 0 Å². The average molecular weight is 144 g/mol. The summed E-state index contributed by atoms with van der Waals surface area (Å²) in [6.07, 6.45) is 1.22. The molecule has 0 heterocycles. The van der Waals surface area contributed by atoms with Gasteiger partial charge < -0.3 is 10.2 Å². The molecule has 0 bridgehead atoms. The van der Waals surface area contributed by atoms with Crippen molar-refractivity contribution in [1.82, 2.24) is 0 Å². The Morgan fingerprint density at radius 3 is 2.30 bits per heavy atom.